The molecular formula is C19H41IN4O2. The summed E-state index contributed by atoms with van der Waals surface area (Å²) in [6.45, 7) is 15.1. The third-order valence-corrected chi connectivity index (χ3v) is 4.48. The van der Waals surface area contributed by atoms with E-state index in [4.69, 9.17) is 9.47 Å². The Morgan fingerprint density at radius 1 is 1.15 bits per heavy atom. The lowest BCUT2D eigenvalue weighted by molar-refractivity contribution is 0.0171. The Balaban J connectivity index is 0.00000625. The number of ether oxygens (including phenoxy) is 2. The zero-order valence-electron chi connectivity index (χ0n) is 17.1. The van der Waals surface area contributed by atoms with Gasteiger partial charge in [-0.2, -0.15) is 0 Å². The molecule has 1 atom stereocenters. The molecule has 0 aromatic heterocycles. The molecule has 6 nitrogen and oxygen atoms in total. The first kappa shape index (κ1) is 25.9. The standard InChI is InChI=1S/C19H40N4O2.HI/c1-4-20-19(21-12-7-8-14-23(5-2)6-3)22-13-10-15-24-17-18-11-9-16-25-18;/h18H,4-17H2,1-3H3,(H2,20,21,22);1H. The van der Waals surface area contributed by atoms with Crippen LogP contribution in [0.5, 0.6) is 0 Å². The van der Waals surface area contributed by atoms with Crippen molar-refractivity contribution in [3.05, 3.63) is 0 Å². The van der Waals surface area contributed by atoms with E-state index >= 15 is 0 Å². The second kappa shape index (κ2) is 18.3. The summed E-state index contributed by atoms with van der Waals surface area (Å²) < 4.78 is 11.2. The van der Waals surface area contributed by atoms with Gasteiger partial charge in [-0.15, -0.1) is 24.0 Å². The molecule has 1 rings (SSSR count). The number of unbranched alkanes of at least 4 members (excludes halogenated alkanes) is 1. The van der Waals surface area contributed by atoms with Crippen LogP contribution in [-0.2, 0) is 9.47 Å². The fraction of sp³-hybridized carbons (Fsp3) is 0.947. The smallest absolute Gasteiger partial charge is 0.191 e. The summed E-state index contributed by atoms with van der Waals surface area (Å²) in [4.78, 5) is 7.09. The Morgan fingerprint density at radius 2 is 1.96 bits per heavy atom. The second-order valence-electron chi connectivity index (χ2n) is 6.48. The van der Waals surface area contributed by atoms with Crippen LogP contribution in [0.4, 0.5) is 0 Å². The number of rotatable bonds is 14. The minimum Gasteiger partial charge on any atom is -0.379 e. The lowest BCUT2D eigenvalue weighted by Crippen LogP contribution is -2.38. The fourth-order valence-corrected chi connectivity index (χ4v) is 2.90. The van der Waals surface area contributed by atoms with E-state index in [9.17, 15) is 0 Å². The second-order valence-corrected chi connectivity index (χ2v) is 6.48. The summed E-state index contributed by atoms with van der Waals surface area (Å²) >= 11 is 0. The van der Waals surface area contributed by atoms with Gasteiger partial charge >= 0.3 is 0 Å². The molecule has 0 spiro atoms. The third-order valence-electron chi connectivity index (χ3n) is 4.48. The minimum absolute atomic E-state index is 0. The van der Waals surface area contributed by atoms with E-state index in [-0.39, 0.29) is 24.0 Å². The molecule has 0 aliphatic carbocycles. The third kappa shape index (κ3) is 13.1. The lowest BCUT2D eigenvalue weighted by Gasteiger charge is -2.18. The molecule has 2 N–H and O–H groups in total. The predicted molar refractivity (Wildman–Crippen MR) is 121 cm³/mol. The van der Waals surface area contributed by atoms with E-state index in [1.54, 1.807) is 0 Å². The molecule has 1 aliphatic heterocycles. The molecule has 1 heterocycles. The van der Waals surface area contributed by atoms with Crippen LogP contribution in [-0.4, -0.2) is 76.1 Å². The van der Waals surface area contributed by atoms with Gasteiger partial charge in [-0.05, 0) is 58.7 Å². The largest absolute Gasteiger partial charge is 0.379 e. The number of hydrogen-bond donors (Lipinski definition) is 2. The fourth-order valence-electron chi connectivity index (χ4n) is 2.90. The van der Waals surface area contributed by atoms with E-state index in [1.165, 1.54) is 25.8 Å². The highest BCUT2D eigenvalue weighted by molar-refractivity contribution is 14.0. The summed E-state index contributed by atoms with van der Waals surface area (Å²) in [5.74, 6) is 0.921. The maximum absolute atomic E-state index is 5.68. The number of nitrogens with one attached hydrogen (secondary N) is 2. The minimum atomic E-state index is 0. The monoisotopic (exact) mass is 484 g/mol. The quantitative estimate of drug-likeness (QED) is 0.172. The topological polar surface area (TPSA) is 58.1 Å². The van der Waals surface area contributed by atoms with E-state index in [1.807, 2.05) is 0 Å². The van der Waals surface area contributed by atoms with Crippen LogP contribution in [0, 0.1) is 0 Å². The number of aliphatic imine (C=N–C) groups is 1. The van der Waals surface area contributed by atoms with Gasteiger partial charge in [0.2, 0.25) is 0 Å². The summed E-state index contributed by atoms with van der Waals surface area (Å²) in [6, 6.07) is 0. The highest BCUT2D eigenvalue weighted by Gasteiger charge is 2.14. The zero-order valence-corrected chi connectivity index (χ0v) is 19.4. The molecule has 0 bridgehead atoms. The van der Waals surface area contributed by atoms with E-state index < -0.39 is 0 Å². The Labute approximate surface area is 177 Å². The van der Waals surface area contributed by atoms with Crippen LogP contribution in [0.1, 0.15) is 52.9 Å². The van der Waals surface area contributed by atoms with E-state index in [0.29, 0.717) is 6.10 Å². The van der Waals surface area contributed by atoms with Crippen molar-refractivity contribution in [2.45, 2.75) is 59.0 Å². The average molecular weight is 484 g/mol. The van der Waals surface area contributed by atoms with Crippen LogP contribution in [0.3, 0.4) is 0 Å². The van der Waals surface area contributed by atoms with Crippen LogP contribution in [0.15, 0.2) is 4.99 Å². The zero-order chi connectivity index (χ0) is 18.2. The summed E-state index contributed by atoms with van der Waals surface area (Å²) in [7, 11) is 0. The molecule has 0 saturated carbocycles. The molecule has 1 fully saturated rings. The van der Waals surface area contributed by atoms with Crippen molar-refractivity contribution in [3.8, 4) is 0 Å². The first-order chi connectivity index (χ1) is 12.3. The normalized spacial score (nSPS) is 17.4. The van der Waals surface area contributed by atoms with Gasteiger partial charge in [-0.25, -0.2) is 0 Å². The molecule has 0 radical (unpaired) electrons. The highest BCUT2D eigenvalue weighted by atomic mass is 127. The molecule has 7 heteroatoms. The van der Waals surface area contributed by atoms with Gasteiger partial charge in [0.25, 0.3) is 0 Å². The molecule has 0 aromatic carbocycles. The maximum atomic E-state index is 5.68. The number of halogens is 1. The number of nitrogens with zero attached hydrogens (tertiary/aromatic N) is 2. The average Bonchev–Trinajstić information content (AvgIpc) is 3.14. The van der Waals surface area contributed by atoms with Gasteiger partial charge in [0.15, 0.2) is 5.96 Å². The van der Waals surface area contributed by atoms with Crippen LogP contribution in [0.2, 0.25) is 0 Å². The van der Waals surface area contributed by atoms with Crippen molar-refractivity contribution in [3.63, 3.8) is 0 Å². The Hall–Kier alpha value is -0.120. The molecule has 0 amide bonds. The van der Waals surface area contributed by atoms with Gasteiger partial charge in [-0.1, -0.05) is 13.8 Å². The predicted octanol–water partition coefficient (Wildman–Crippen LogP) is 2.87. The van der Waals surface area contributed by atoms with Crippen LogP contribution < -0.4 is 10.6 Å². The van der Waals surface area contributed by atoms with Crippen molar-refractivity contribution in [1.82, 2.24) is 15.5 Å². The molecule has 1 aliphatic rings. The molecule has 0 aromatic rings. The van der Waals surface area contributed by atoms with Crippen molar-refractivity contribution in [2.24, 2.45) is 4.99 Å². The Kier molecular flexibility index (Phi) is 18.2. The van der Waals surface area contributed by atoms with Crippen molar-refractivity contribution in [2.75, 3.05) is 59.1 Å². The molecule has 156 valence electrons. The molecule has 1 unspecified atom stereocenters. The van der Waals surface area contributed by atoms with Crippen molar-refractivity contribution in [1.29, 1.82) is 0 Å². The molecular weight excluding hydrogens is 443 g/mol. The first-order valence-corrected chi connectivity index (χ1v) is 10.2. The molecule has 26 heavy (non-hydrogen) atoms. The van der Waals surface area contributed by atoms with Crippen molar-refractivity contribution >= 4 is 29.9 Å². The summed E-state index contributed by atoms with van der Waals surface area (Å²) in [6.07, 6.45) is 5.98. The number of hydrogen-bond acceptors (Lipinski definition) is 4. The SMILES string of the molecule is CCNC(=NCCCOCC1CCCO1)NCCCCN(CC)CC.I. The maximum Gasteiger partial charge on any atom is 0.191 e. The van der Waals surface area contributed by atoms with E-state index in [2.05, 4.69) is 41.3 Å². The van der Waals surface area contributed by atoms with Crippen LogP contribution >= 0.6 is 24.0 Å². The van der Waals surface area contributed by atoms with E-state index in [0.717, 1.165) is 71.3 Å². The van der Waals surface area contributed by atoms with Gasteiger partial charge in [0.05, 0.1) is 12.7 Å². The Bertz CT molecular complexity index is 336. The first-order valence-electron chi connectivity index (χ1n) is 10.2. The van der Waals surface area contributed by atoms with Gasteiger partial charge < -0.3 is 25.0 Å². The summed E-state index contributed by atoms with van der Waals surface area (Å²) in [5, 5.41) is 6.73. The highest BCUT2D eigenvalue weighted by Crippen LogP contribution is 2.11. The van der Waals surface area contributed by atoms with Gasteiger partial charge in [0.1, 0.15) is 0 Å². The lowest BCUT2D eigenvalue weighted by atomic mass is 10.2. The Morgan fingerprint density at radius 3 is 2.62 bits per heavy atom. The number of guanidine groups is 1. The van der Waals surface area contributed by atoms with Gasteiger partial charge in [0, 0.05) is 32.8 Å². The molecule has 1 saturated heterocycles. The summed E-state index contributed by atoms with van der Waals surface area (Å²) in [5.41, 5.74) is 0. The van der Waals surface area contributed by atoms with Crippen LogP contribution in [0.25, 0.3) is 0 Å². The van der Waals surface area contributed by atoms with Crippen molar-refractivity contribution < 1.29 is 9.47 Å². The van der Waals surface area contributed by atoms with Gasteiger partial charge in [-0.3, -0.25) is 4.99 Å².